The Bertz CT molecular complexity index is 1220. The van der Waals surface area contributed by atoms with E-state index in [9.17, 15) is 0 Å². The smallest absolute Gasteiger partial charge is 0.119 e. The summed E-state index contributed by atoms with van der Waals surface area (Å²) in [5, 5.41) is 6.89. The number of rotatable bonds is 7. The highest BCUT2D eigenvalue weighted by Crippen LogP contribution is 2.32. The van der Waals surface area contributed by atoms with Crippen LogP contribution in [0.4, 0.5) is 0 Å². The molecule has 1 atom stereocenters. The Kier molecular flexibility index (Phi) is 7.24. The number of nitrogens with zero attached hydrogens (tertiary/aromatic N) is 2. The summed E-state index contributed by atoms with van der Waals surface area (Å²) in [5.41, 5.74) is 6.43. The van der Waals surface area contributed by atoms with Crippen LogP contribution in [0.15, 0.2) is 72.8 Å². The van der Waals surface area contributed by atoms with Crippen LogP contribution in [0.2, 0.25) is 10.0 Å². The van der Waals surface area contributed by atoms with Crippen molar-refractivity contribution in [2.45, 2.75) is 19.3 Å². The Morgan fingerprint density at radius 2 is 1.75 bits per heavy atom. The number of methoxy groups -OCH3 is 1. The van der Waals surface area contributed by atoms with Gasteiger partial charge in [-0.15, -0.1) is 0 Å². The lowest BCUT2D eigenvalue weighted by atomic mass is 9.95. The highest BCUT2D eigenvalue weighted by Gasteiger charge is 2.18. The van der Waals surface area contributed by atoms with Crippen LogP contribution in [-0.2, 0) is 6.42 Å². The van der Waals surface area contributed by atoms with Gasteiger partial charge in [0.05, 0.1) is 34.2 Å². The van der Waals surface area contributed by atoms with Gasteiger partial charge in [0.25, 0.3) is 0 Å². The Morgan fingerprint density at radius 3 is 2.41 bits per heavy atom. The van der Waals surface area contributed by atoms with Gasteiger partial charge in [0, 0.05) is 10.9 Å². The molecule has 1 aromatic heterocycles. The van der Waals surface area contributed by atoms with Gasteiger partial charge in [-0.05, 0) is 67.3 Å². The number of hydrogen-bond donors (Lipinski definition) is 0. The summed E-state index contributed by atoms with van der Waals surface area (Å²) in [7, 11) is 1.66. The summed E-state index contributed by atoms with van der Waals surface area (Å²) in [4.78, 5) is 0. The zero-order valence-corrected chi connectivity index (χ0v) is 21.0. The second kappa shape index (κ2) is 10.1. The average Bonchev–Trinajstić information content (AvgIpc) is 3.23. The molecule has 0 saturated heterocycles. The molecule has 0 N–H and O–H groups in total. The summed E-state index contributed by atoms with van der Waals surface area (Å²) >= 11 is 16.2. The molecule has 0 bridgehead atoms. The number of alkyl halides is 1. The van der Waals surface area contributed by atoms with E-state index < -0.39 is 0 Å². The Balaban J connectivity index is 1.76. The largest absolute Gasteiger partial charge is 0.497 e. The molecule has 0 aliphatic rings. The number of hydrogen-bond acceptors (Lipinski definition) is 2. The van der Waals surface area contributed by atoms with Crippen molar-refractivity contribution in [2.75, 3.05) is 12.4 Å². The SMILES string of the molecule is COc1ccc(-n2nc(CC(CBr)c3cccc(C)c3)cc2-c2ccc(Cl)c(Cl)c2)cc1. The number of benzene rings is 3. The van der Waals surface area contributed by atoms with Crippen molar-refractivity contribution in [3.8, 4) is 22.7 Å². The van der Waals surface area contributed by atoms with Gasteiger partial charge in [-0.3, -0.25) is 0 Å². The maximum absolute atomic E-state index is 6.33. The maximum Gasteiger partial charge on any atom is 0.119 e. The third-order valence-corrected chi connectivity index (χ3v) is 6.97. The van der Waals surface area contributed by atoms with Gasteiger partial charge in [0.2, 0.25) is 0 Å². The van der Waals surface area contributed by atoms with Crippen molar-refractivity contribution in [1.29, 1.82) is 0 Å². The minimum absolute atomic E-state index is 0.316. The zero-order chi connectivity index (χ0) is 22.7. The van der Waals surface area contributed by atoms with Crippen LogP contribution < -0.4 is 4.74 Å². The van der Waals surface area contributed by atoms with E-state index in [4.69, 9.17) is 33.0 Å². The first-order chi connectivity index (χ1) is 15.5. The molecule has 0 amide bonds. The minimum atomic E-state index is 0.316. The van der Waals surface area contributed by atoms with Gasteiger partial charge in [-0.25, -0.2) is 4.68 Å². The molecule has 1 unspecified atom stereocenters. The van der Waals surface area contributed by atoms with E-state index in [1.165, 1.54) is 11.1 Å². The molecule has 0 saturated carbocycles. The van der Waals surface area contributed by atoms with Crippen molar-refractivity contribution < 1.29 is 4.74 Å². The third kappa shape index (κ3) is 5.03. The molecule has 164 valence electrons. The van der Waals surface area contributed by atoms with E-state index in [-0.39, 0.29) is 0 Å². The fourth-order valence-electron chi connectivity index (χ4n) is 3.75. The predicted molar refractivity (Wildman–Crippen MR) is 137 cm³/mol. The molecular weight excluding hydrogens is 507 g/mol. The normalized spacial score (nSPS) is 12.0. The molecule has 3 aromatic carbocycles. The van der Waals surface area contributed by atoms with Gasteiger partial charge >= 0.3 is 0 Å². The fourth-order valence-corrected chi connectivity index (χ4v) is 4.65. The molecule has 32 heavy (non-hydrogen) atoms. The van der Waals surface area contributed by atoms with Crippen LogP contribution in [0, 0.1) is 6.92 Å². The van der Waals surface area contributed by atoms with E-state index in [2.05, 4.69) is 53.2 Å². The van der Waals surface area contributed by atoms with E-state index in [1.807, 2.05) is 47.1 Å². The lowest BCUT2D eigenvalue weighted by molar-refractivity contribution is 0.414. The lowest BCUT2D eigenvalue weighted by Gasteiger charge is -2.13. The van der Waals surface area contributed by atoms with E-state index in [1.54, 1.807) is 7.11 Å². The summed E-state index contributed by atoms with van der Waals surface area (Å²) < 4.78 is 7.27. The Morgan fingerprint density at radius 1 is 0.969 bits per heavy atom. The van der Waals surface area contributed by atoms with Crippen LogP contribution in [0.25, 0.3) is 16.9 Å². The summed E-state index contributed by atoms with van der Waals surface area (Å²) in [6.07, 6.45) is 0.812. The third-order valence-electron chi connectivity index (χ3n) is 5.45. The van der Waals surface area contributed by atoms with Gasteiger partial charge in [-0.2, -0.15) is 5.10 Å². The fraction of sp³-hybridized carbons (Fsp3) is 0.192. The van der Waals surface area contributed by atoms with E-state index >= 15 is 0 Å². The minimum Gasteiger partial charge on any atom is -0.497 e. The predicted octanol–water partition coefficient (Wildman–Crippen LogP) is 7.88. The van der Waals surface area contributed by atoms with Crippen LogP contribution >= 0.6 is 39.1 Å². The molecule has 0 spiro atoms. The molecule has 0 aliphatic carbocycles. The van der Waals surface area contributed by atoms with Gasteiger partial charge < -0.3 is 4.74 Å². The average molecular weight is 530 g/mol. The first kappa shape index (κ1) is 22.9. The summed E-state index contributed by atoms with van der Waals surface area (Å²) in [5.74, 6) is 1.12. The van der Waals surface area contributed by atoms with Crippen molar-refractivity contribution in [1.82, 2.24) is 9.78 Å². The van der Waals surface area contributed by atoms with Crippen LogP contribution in [0.1, 0.15) is 22.7 Å². The Labute approximate surface area is 207 Å². The quantitative estimate of drug-likeness (QED) is 0.227. The molecular formula is C26H23BrCl2N2O. The maximum atomic E-state index is 6.33. The molecule has 0 fully saturated rings. The molecule has 0 aliphatic heterocycles. The lowest BCUT2D eigenvalue weighted by Crippen LogP contribution is -2.06. The van der Waals surface area contributed by atoms with Gasteiger partial charge in [-0.1, -0.05) is 75.0 Å². The molecule has 0 radical (unpaired) electrons. The van der Waals surface area contributed by atoms with Gasteiger partial charge in [0.1, 0.15) is 5.75 Å². The molecule has 6 heteroatoms. The second-order valence-electron chi connectivity index (χ2n) is 7.73. The number of aromatic nitrogens is 2. The van der Waals surface area contributed by atoms with Crippen molar-refractivity contribution >= 4 is 39.1 Å². The first-order valence-corrected chi connectivity index (χ1v) is 12.2. The highest BCUT2D eigenvalue weighted by atomic mass is 79.9. The first-order valence-electron chi connectivity index (χ1n) is 10.3. The van der Waals surface area contributed by atoms with Crippen molar-refractivity contribution in [3.05, 3.63) is 99.7 Å². The van der Waals surface area contributed by atoms with Crippen molar-refractivity contribution in [2.24, 2.45) is 0 Å². The number of aryl methyl sites for hydroxylation is 1. The standard InChI is InChI=1S/C26H23BrCl2N2O/c1-17-4-3-5-18(12-17)20(16-27)13-21-15-26(19-6-11-24(28)25(29)14-19)31(30-21)22-7-9-23(32-2)10-8-22/h3-12,14-15,20H,13,16H2,1-2H3. The number of halogens is 3. The number of ether oxygens (including phenoxy) is 1. The van der Waals surface area contributed by atoms with Crippen LogP contribution in [-0.4, -0.2) is 22.2 Å². The van der Waals surface area contributed by atoms with E-state index in [0.717, 1.165) is 40.1 Å². The second-order valence-corrected chi connectivity index (χ2v) is 9.19. The highest BCUT2D eigenvalue weighted by molar-refractivity contribution is 9.09. The van der Waals surface area contributed by atoms with Crippen LogP contribution in [0.5, 0.6) is 5.75 Å². The topological polar surface area (TPSA) is 27.1 Å². The Hall–Kier alpha value is -2.27. The molecule has 4 aromatic rings. The molecule has 1 heterocycles. The van der Waals surface area contributed by atoms with Crippen molar-refractivity contribution in [3.63, 3.8) is 0 Å². The van der Waals surface area contributed by atoms with Gasteiger partial charge in [0.15, 0.2) is 0 Å². The monoisotopic (exact) mass is 528 g/mol. The summed E-state index contributed by atoms with van der Waals surface area (Å²) in [6.45, 7) is 2.12. The molecule has 3 nitrogen and oxygen atoms in total. The van der Waals surface area contributed by atoms with E-state index in [0.29, 0.717) is 16.0 Å². The summed E-state index contributed by atoms with van der Waals surface area (Å²) in [6, 6.07) is 24.3. The zero-order valence-electron chi connectivity index (χ0n) is 17.9. The molecule has 4 rings (SSSR count). The van der Waals surface area contributed by atoms with Crippen LogP contribution in [0.3, 0.4) is 0 Å².